The Morgan fingerprint density at radius 1 is 1.33 bits per heavy atom. The topological polar surface area (TPSA) is 58.2 Å². The molecule has 9 heavy (non-hydrogen) atoms. The van der Waals surface area contributed by atoms with Gasteiger partial charge in [-0.1, -0.05) is 0 Å². The van der Waals surface area contributed by atoms with Gasteiger partial charge in [-0.05, 0) is 0 Å². The minimum absolute atomic E-state index is 0.0247. The lowest BCUT2D eigenvalue weighted by atomic mass is 10.0. The van der Waals surface area contributed by atoms with Crippen LogP contribution in [-0.4, -0.2) is 23.9 Å². The molecule has 2 saturated heterocycles. The molecule has 2 rings (SSSR count). The number of hydrogen-bond donors (Lipinski definition) is 2. The van der Waals surface area contributed by atoms with Gasteiger partial charge in [0, 0.05) is 6.42 Å². The molecule has 48 valence electrons. The monoisotopic (exact) mass is 126 g/mol. The molecule has 0 spiro atoms. The summed E-state index contributed by atoms with van der Waals surface area (Å²) in [6, 6.07) is -0.123. The van der Waals surface area contributed by atoms with Gasteiger partial charge in [-0.3, -0.25) is 9.59 Å². The molecule has 2 amide bonds. The summed E-state index contributed by atoms with van der Waals surface area (Å²) in [6.45, 7) is 0. The quantitative estimate of drug-likeness (QED) is 0.383. The van der Waals surface area contributed by atoms with Gasteiger partial charge >= 0.3 is 0 Å². The van der Waals surface area contributed by atoms with Crippen molar-refractivity contribution in [1.82, 2.24) is 10.6 Å². The highest BCUT2D eigenvalue weighted by atomic mass is 16.2. The van der Waals surface area contributed by atoms with Crippen molar-refractivity contribution >= 4 is 11.8 Å². The van der Waals surface area contributed by atoms with Crippen molar-refractivity contribution in [2.75, 3.05) is 0 Å². The summed E-state index contributed by atoms with van der Waals surface area (Å²) in [5.74, 6) is -0.0748. The zero-order valence-corrected chi connectivity index (χ0v) is 4.68. The largest absolute Gasteiger partial charge is 0.348 e. The zero-order valence-electron chi connectivity index (χ0n) is 4.68. The minimum Gasteiger partial charge on any atom is -0.348 e. The summed E-state index contributed by atoms with van der Waals surface area (Å²) in [5, 5.41) is 5.16. The van der Waals surface area contributed by atoms with Crippen LogP contribution in [0.25, 0.3) is 0 Å². The number of carbonyl (C=O) groups excluding carboxylic acids is 2. The third-order valence-electron chi connectivity index (χ3n) is 1.73. The van der Waals surface area contributed by atoms with Crippen LogP contribution in [0.15, 0.2) is 0 Å². The summed E-state index contributed by atoms with van der Waals surface area (Å²) < 4.78 is 0. The first-order chi connectivity index (χ1) is 4.27. The van der Waals surface area contributed by atoms with Crippen LogP contribution in [0.5, 0.6) is 0 Å². The molecule has 0 aliphatic carbocycles. The van der Waals surface area contributed by atoms with E-state index in [0.717, 1.165) is 0 Å². The van der Waals surface area contributed by atoms with E-state index < -0.39 is 0 Å². The molecule has 2 atom stereocenters. The van der Waals surface area contributed by atoms with Gasteiger partial charge in [0.25, 0.3) is 0 Å². The molecule has 0 unspecified atom stereocenters. The Kier molecular flexibility index (Phi) is 0.670. The Bertz CT molecular complexity index is 187. The van der Waals surface area contributed by atoms with Crippen molar-refractivity contribution < 1.29 is 9.59 Å². The maximum absolute atomic E-state index is 10.5. The fourth-order valence-electron chi connectivity index (χ4n) is 1.21. The molecular formula is C5H6N2O2. The van der Waals surface area contributed by atoms with E-state index in [1.165, 1.54) is 0 Å². The Balaban J connectivity index is 2.16. The van der Waals surface area contributed by atoms with Gasteiger partial charge in [-0.15, -0.1) is 0 Å². The van der Waals surface area contributed by atoms with Crippen molar-refractivity contribution in [1.29, 1.82) is 0 Å². The molecule has 2 N–H and O–H groups in total. The standard InChI is InChI=1S/C5H6N2O2/c8-3-1-2-4(7-3)5(9)6-2/h2,4H,1H2,(H,6,9)(H,7,8)/t2-,4+/m0/s1. The highest BCUT2D eigenvalue weighted by Gasteiger charge is 2.46. The van der Waals surface area contributed by atoms with Gasteiger partial charge < -0.3 is 10.6 Å². The molecule has 0 aromatic heterocycles. The van der Waals surface area contributed by atoms with Gasteiger partial charge in [-0.2, -0.15) is 0 Å². The average Bonchev–Trinajstić information content (AvgIpc) is 2.08. The van der Waals surface area contributed by atoms with E-state index in [9.17, 15) is 9.59 Å². The second-order valence-electron chi connectivity index (χ2n) is 2.36. The first-order valence-corrected chi connectivity index (χ1v) is 2.87. The first kappa shape index (κ1) is 4.78. The number of carbonyl (C=O) groups is 2. The van der Waals surface area contributed by atoms with E-state index >= 15 is 0 Å². The third kappa shape index (κ3) is 0.472. The number of β-lactam (4-membered cyclic amide) rings is 1. The number of hydrogen-bond acceptors (Lipinski definition) is 2. The van der Waals surface area contributed by atoms with Crippen LogP contribution in [0, 0.1) is 0 Å². The predicted molar refractivity (Wildman–Crippen MR) is 28.5 cm³/mol. The summed E-state index contributed by atoms with van der Waals surface area (Å²) in [4.78, 5) is 21.1. The summed E-state index contributed by atoms with van der Waals surface area (Å²) in [6.07, 6.45) is 0.455. The van der Waals surface area contributed by atoms with E-state index in [4.69, 9.17) is 0 Å². The molecule has 0 bridgehead atoms. The van der Waals surface area contributed by atoms with Gasteiger partial charge in [0.15, 0.2) is 0 Å². The first-order valence-electron chi connectivity index (χ1n) is 2.87. The van der Waals surface area contributed by atoms with Crippen LogP contribution < -0.4 is 10.6 Å². The third-order valence-corrected chi connectivity index (χ3v) is 1.73. The lowest BCUT2D eigenvalue weighted by molar-refractivity contribution is -0.130. The predicted octanol–water partition coefficient (Wildman–Crippen LogP) is -1.63. The molecule has 4 nitrogen and oxygen atoms in total. The van der Waals surface area contributed by atoms with E-state index in [1.54, 1.807) is 0 Å². The van der Waals surface area contributed by atoms with Crippen LogP contribution in [0.1, 0.15) is 6.42 Å². The van der Waals surface area contributed by atoms with Crippen LogP contribution in [0.2, 0.25) is 0 Å². The SMILES string of the molecule is O=C1C[C@@H]2NC(=O)[C@@H]2N1. The Morgan fingerprint density at radius 3 is 2.56 bits per heavy atom. The summed E-state index contributed by atoms with van der Waals surface area (Å²) >= 11 is 0. The van der Waals surface area contributed by atoms with Crippen molar-refractivity contribution in [3.05, 3.63) is 0 Å². The Labute approximate surface area is 51.6 Å². The van der Waals surface area contributed by atoms with Crippen LogP contribution >= 0.6 is 0 Å². The number of nitrogens with one attached hydrogen (secondary N) is 2. The maximum atomic E-state index is 10.5. The molecule has 0 aromatic rings. The second-order valence-corrected chi connectivity index (χ2v) is 2.36. The maximum Gasteiger partial charge on any atom is 0.245 e. The molecule has 2 aliphatic heterocycles. The number of fused-ring (bicyclic) bond motifs is 1. The van der Waals surface area contributed by atoms with Gasteiger partial charge in [-0.25, -0.2) is 0 Å². The molecule has 2 aliphatic rings. The van der Waals surface area contributed by atoms with Crippen molar-refractivity contribution in [3.8, 4) is 0 Å². The number of rotatable bonds is 0. The zero-order chi connectivity index (χ0) is 6.43. The van der Waals surface area contributed by atoms with E-state index in [-0.39, 0.29) is 23.9 Å². The molecule has 2 heterocycles. The lowest BCUT2D eigenvalue weighted by Gasteiger charge is -2.28. The Hall–Kier alpha value is -1.06. The normalized spacial score (nSPS) is 38.7. The molecule has 0 radical (unpaired) electrons. The van der Waals surface area contributed by atoms with Crippen molar-refractivity contribution in [2.45, 2.75) is 18.5 Å². The smallest absolute Gasteiger partial charge is 0.245 e. The number of amides is 2. The van der Waals surface area contributed by atoms with Crippen LogP contribution in [0.3, 0.4) is 0 Å². The van der Waals surface area contributed by atoms with E-state index in [2.05, 4.69) is 10.6 Å². The molecular weight excluding hydrogens is 120 g/mol. The van der Waals surface area contributed by atoms with Crippen molar-refractivity contribution in [2.24, 2.45) is 0 Å². The minimum atomic E-state index is -0.211. The fraction of sp³-hybridized carbons (Fsp3) is 0.600. The second kappa shape index (κ2) is 1.26. The molecule has 2 fully saturated rings. The Morgan fingerprint density at radius 2 is 2.11 bits per heavy atom. The average molecular weight is 126 g/mol. The fourth-order valence-corrected chi connectivity index (χ4v) is 1.21. The van der Waals surface area contributed by atoms with Gasteiger partial charge in [0.05, 0.1) is 6.04 Å². The highest BCUT2D eigenvalue weighted by Crippen LogP contribution is 2.15. The van der Waals surface area contributed by atoms with Gasteiger partial charge in [0.2, 0.25) is 11.8 Å². The molecule has 0 saturated carbocycles. The van der Waals surface area contributed by atoms with Crippen molar-refractivity contribution in [3.63, 3.8) is 0 Å². The summed E-state index contributed by atoms with van der Waals surface area (Å²) in [7, 11) is 0. The van der Waals surface area contributed by atoms with Crippen LogP contribution in [-0.2, 0) is 9.59 Å². The van der Waals surface area contributed by atoms with E-state index in [1.807, 2.05) is 0 Å². The molecule has 0 aromatic carbocycles. The molecule has 4 heteroatoms. The summed E-state index contributed by atoms with van der Waals surface area (Å²) in [5.41, 5.74) is 0. The van der Waals surface area contributed by atoms with Crippen LogP contribution in [0.4, 0.5) is 0 Å². The highest BCUT2D eigenvalue weighted by molar-refractivity contribution is 5.98. The van der Waals surface area contributed by atoms with Gasteiger partial charge in [0.1, 0.15) is 6.04 Å². The lowest BCUT2D eigenvalue weighted by Crippen LogP contribution is -2.63. The van der Waals surface area contributed by atoms with E-state index in [0.29, 0.717) is 6.42 Å².